The van der Waals surface area contributed by atoms with E-state index >= 15 is 0 Å². The molecule has 25 heavy (non-hydrogen) atoms. The fourth-order valence-corrected chi connectivity index (χ4v) is 3.25. The Balaban J connectivity index is 1.93. The van der Waals surface area contributed by atoms with Gasteiger partial charge in [0.2, 0.25) is 5.91 Å². The normalized spacial score (nSPS) is 17.8. The first kappa shape index (κ1) is 17.2. The Morgan fingerprint density at radius 2 is 2.04 bits per heavy atom. The van der Waals surface area contributed by atoms with Gasteiger partial charge in [-0.1, -0.05) is 31.9 Å². The highest BCUT2D eigenvalue weighted by Crippen LogP contribution is 2.22. The van der Waals surface area contributed by atoms with Crippen molar-refractivity contribution in [1.82, 2.24) is 19.6 Å². The summed E-state index contributed by atoms with van der Waals surface area (Å²) in [7, 11) is 1.81. The molecule has 0 spiro atoms. The molecule has 0 aliphatic carbocycles. The van der Waals surface area contributed by atoms with Crippen LogP contribution in [0.2, 0.25) is 0 Å². The van der Waals surface area contributed by atoms with Crippen molar-refractivity contribution in [2.75, 3.05) is 20.1 Å². The molecule has 2 aromatic rings. The van der Waals surface area contributed by atoms with Crippen molar-refractivity contribution in [3.63, 3.8) is 0 Å². The maximum absolute atomic E-state index is 13.3. The fourth-order valence-electron chi connectivity index (χ4n) is 3.25. The molecule has 0 unspecified atom stereocenters. The lowest BCUT2D eigenvalue weighted by Gasteiger charge is -2.39. The van der Waals surface area contributed by atoms with Crippen LogP contribution in [0.3, 0.4) is 0 Å². The molecule has 1 aliphatic rings. The third-order valence-electron chi connectivity index (χ3n) is 4.69. The molecule has 2 heterocycles. The van der Waals surface area contributed by atoms with Crippen LogP contribution >= 0.6 is 0 Å². The van der Waals surface area contributed by atoms with Crippen molar-refractivity contribution in [2.45, 2.75) is 32.2 Å². The van der Waals surface area contributed by atoms with E-state index < -0.39 is 0 Å². The quantitative estimate of drug-likeness (QED) is 0.839. The second-order valence-corrected chi connectivity index (χ2v) is 6.38. The summed E-state index contributed by atoms with van der Waals surface area (Å²) in [5, 5.41) is 4.24. The Morgan fingerprint density at radius 3 is 2.76 bits per heavy atom. The van der Waals surface area contributed by atoms with Crippen molar-refractivity contribution in [2.24, 2.45) is 0 Å². The molecule has 0 radical (unpaired) electrons. The van der Waals surface area contributed by atoms with E-state index in [-0.39, 0.29) is 17.9 Å². The zero-order valence-corrected chi connectivity index (χ0v) is 14.8. The maximum atomic E-state index is 13.3. The minimum atomic E-state index is -0.378. The van der Waals surface area contributed by atoms with Gasteiger partial charge in [-0.3, -0.25) is 9.59 Å². The largest absolute Gasteiger partial charge is 0.342 e. The number of carbonyl (C=O) groups excluding carboxylic acids is 2. The van der Waals surface area contributed by atoms with Crippen molar-refractivity contribution < 1.29 is 9.59 Å². The SMILES string of the molecule is CCCC[C@@H]1C(=O)N(C)CCN1C(=O)c1ccccc1-n1cccn1. The number of hydrogen-bond acceptors (Lipinski definition) is 3. The summed E-state index contributed by atoms with van der Waals surface area (Å²) >= 11 is 0. The highest BCUT2D eigenvalue weighted by molar-refractivity contribution is 6.00. The molecule has 6 nitrogen and oxygen atoms in total. The number of likely N-dealkylation sites (N-methyl/N-ethyl adjacent to an activating group) is 1. The summed E-state index contributed by atoms with van der Waals surface area (Å²) in [5.74, 6) is -0.0710. The average Bonchev–Trinajstić information content (AvgIpc) is 3.17. The Morgan fingerprint density at radius 1 is 1.24 bits per heavy atom. The second kappa shape index (κ2) is 7.51. The molecular formula is C19H24N4O2. The van der Waals surface area contributed by atoms with E-state index in [0.717, 1.165) is 18.5 Å². The fraction of sp³-hybridized carbons (Fsp3) is 0.421. The first-order valence-corrected chi connectivity index (χ1v) is 8.78. The molecule has 132 valence electrons. The van der Waals surface area contributed by atoms with E-state index in [0.29, 0.717) is 25.1 Å². The summed E-state index contributed by atoms with van der Waals surface area (Å²) in [4.78, 5) is 29.3. The first-order valence-electron chi connectivity index (χ1n) is 8.78. The first-order chi connectivity index (χ1) is 12.1. The lowest BCUT2D eigenvalue weighted by molar-refractivity contribution is -0.138. The van der Waals surface area contributed by atoms with Crippen molar-refractivity contribution >= 4 is 11.8 Å². The second-order valence-electron chi connectivity index (χ2n) is 6.38. The van der Waals surface area contributed by atoms with E-state index in [4.69, 9.17) is 0 Å². The van der Waals surface area contributed by atoms with Crippen LogP contribution in [0.4, 0.5) is 0 Å². The van der Waals surface area contributed by atoms with E-state index in [1.54, 1.807) is 33.8 Å². The third-order valence-corrected chi connectivity index (χ3v) is 4.69. The molecule has 1 aromatic heterocycles. The van der Waals surface area contributed by atoms with E-state index in [1.165, 1.54) is 0 Å². The number of benzene rings is 1. The molecule has 1 atom stereocenters. The van der Waals surface area contributed by atoms with E-state index in [2.05, 4.69) is 12.0 Å². The highest BCUT2D eigenvalue weighted by Gasteiger charge is 2.36. The Labute approximate surface area is 148 Å². The monoisotopic (exact) mass is 340 g/mol. The summed E-state index contributed by atoms with van der Waals surface area (Å²) in [6.07, 6.45) is 6.13. The summed E-state index contributed by atoms with van der Waals surface area (Å²) in [6, 6.07) is 8.86. The average molecular weight is 340 g/mol. The number of carbonyl (C=O) groups is 2. The van der Waals surface area contributed by atoms with Gasteiger partial charge in [-0.25, -0.2) is 4.68 Å². The number of nitrogens with zero attached hydrogens (tertiary/aromatic N) is 4. The van der Waals surface area contributed by atoms with Crippen molar-refractivity contribution in [3.05, 3.63) is 48.3 Å². The van der Waals surface area contributed by atoms with Crippen LogP contribution in [0.15, 0.2) is 42.7 Å². The molecule has 6 heteroatoms. The maximum Gasteiger partial charge on any atom is 0.256 e. The third kappa shape index (κ3) is 3.43. The molecule has 2 amide bonds. The summed E-state index contributed by atoms with van der Waals surface area (Å²) < 4.78 is 1.69. The van der Waals surface area contributed by atoms with Crippen LogP contribution < -0.4 is 0 Å². The lowest BCUT2D eigenvalue weighted by atomic mass is 10.0. The van der Waals surface area contributed by atoms with Crippen LogP contribution in [-0.2, 0) is 4.79 Å². The van der Waals surface area contributed by atoms with Crippen LogP contribution in [0, 0.1) is 0 Å². The Bertz CT molecular complexity index is 742. The minimum absolute atomic E-state index is 0.0321. The Hall–Kier alpha value is -2.63. The van der Waals surface area contributed by atoms with Gasteiger partial charge in [0, 0.05) is 32.5 Å². The number of aromatic nitrogens is 2. The number of rotatable bonds is 5. The molecule has 1 fully saturated rings. The molecule has 0 N–H and O–H groups in total. The predicted molar refractivity (Wildman–Crippen MR) is 95.6 cm³/mol. The van der Waals surface area contributed by atoms with E-state index in [1.807, 2.05) is 30.5 Å². The van der Waals surface area contributed by atoms with Gasteiger partial charge >= 0.3 is 0 Å². The number of hydrogen-bond donors (Lipinski definition) is 0. The van der Waals surface area contributed by atoms with Crippen molar-refractivity contribution in [3.8, 4) is 5.69 Å². The molecule has 1 aliphatic heterocycles. The smallest absolute Gasteiger partial charge is 0.256 e. The molecule has 1 saturated heterocycles. The van der Waals surface area contributed by atoms with Crippen LogP contribution in [-0.4, -0.2) is 57.6 Å². The van der Waals surface area contributed by atoms with Gasteiger partial charge in [0.05, 0.1) is 11.3 Å². The number of piperazine rings is 1. The number of unbranched alkanes of at least 4 members (excludes halogenated alkanes) is 1. The zero-order valence-electron chi connectivity index (χ0n) is 14.8. The van der Waals surface area contributed by atoms with Crippen LogP contribution in [0.25, 0.3) is 5.69 Å². The molecule has 1 aromatic carbocycles. The minimum Gasteiger partial charge on any atom is -0.342 e. The zero-order chi connectivity index (χ0) is 17.8. The lowest BCUT2D eigenvalue weighted by Crippen LogP contribution is -2.57. The van der Waals surface area contributed by atoms with Gasteiger partial charge in [0.1, 0.15) is 6.04 Å². The highest BCUT2D eigenvalue weighted by atomic mass is 16.2. The van der Waals surface area contributed by atoms with E-state index in [9.17, 15) is 9.59 Å². The Kier molecular flexibility index (Phi) is 5.16. The summed E-state index contributed by atoms with van der Waals surface area (Å²) in [5.41, 5.74) is 1.31. The van der Waals surface area contributed by atoms with Gasteiger partial charge in [-0.2, -0.15) is 5.10 Å². The van der Waals surface area contributed by atoms with Crippen LogP contribution in [0.5, 0.6) is 0 Å². The summed E-state index contributed by atoms with van der Waals surface area (Å²) in [6.45, 7) is 3.22. The van der Waals surface area contributed by atoms with Gasteiger partial charge in [0.15, 0.2) is 0 Å². The van der Waals surface area contributed by atoms with Crippen molar-refractivity contribution in [1.29, 1.82) is 0 Å². The number of para-hydroxylation sites is 1. The van der Waals surface area contributed by atoms with Gasteiger partial charge < -0.3 is 9.80 Å². The van der Waals surface area contributed by atoms with Gasteiger partial charge in [0.25, 0.3) is 5.91 Å². The van der Waals surface area contributed by atoms with Crippen LogP contribution in [0.1, 0.15) is 36.5 Å². The topological polar surface area (TPSA) is 58.4 Å². The molecule has 0 bridgehead atoms. The van der Waals surface area contributed by atoms with Gasteiger partial charge in [-0.15, -0.1) is 0 Å². The predicted octanol–water partition coefficient (Wildman–Crippen LogP) is 2.35. The number of amides is 2. The standard InChI is InChI=1S/C19H24N4O2/c1-3-4-9-17-19(25)21(2)13-14-22(17)18(24)15-8-5-6-10-16(15)23-12-7-11-20-23/h5-8,10-12,17H,3-4,9,13-14H2,1-2H3/t17-/m1/s1. The molecular weight excluding hydrogens is 316 g/mol. The van der Waals surface area contributed by atoms with Gasteiger partial charge in [-0.05, 0) is 24.6 Å². The molecule has 0 saturated carbocycles. The molecule has 3 rings (SSSR count).